The second-order valence-electron chi connectivity index (χ2n) is 9.11. The van der Waals surface area contributed by atoms with Gasteiger partial charge in [-0.1, -0.05) is 66.9 Å². The molecule has 3 rings (SSSR count). The van der Waals surface area contributed by atoms with Gasteiger partial charge in [0.05, 0.1) is 5.66 Å². The van der Waals surface area contributed by atoms with Crippen LogP contribution >= 0.6 is 8.38 Å². The maximum Gasteiger partial charge on any atom is 0.293 e. The monoisotopic (exact) mass is 334 g/mol. The zero-order chi connectivity index (χ0) is 16.8. The Morgan fingerprint density at radius 3 is 2.09 bits per heavy atom. The highest BCUT2D eigenvalue weighted by Crippen LogP contribution is 2.60. The van der Waals surface area contributed by atoms with E-state index in [0.717, 1.165) is 11.5 Å². The van der Waals surface area contributed by atoms with Crippen molar-refractivity contribution in [1.82, 2.24) is 0 Å². The molecule has 23 heavy (non-hydrogen) atoms. The van der Waals surface area contributed by atoms with Crippen molar-refractivity contribution in [2.75, 3.05) is 0 Å². The fourth-order valence-electron chi connectivity index (χ4n) is 3.40. The van der Waals surface area contributed by atoms with Crippen LogP contribution in [-0.2, 0) is 10.8 Å². The standard InChI is InChI=1S/C20H31O2P/c1-19(2,3)14-12-16(20(4,5)6)18-17(13-14)21-23(22-18)15-10-8-7-9-11-15/h12-13,15H,7-11H2,1-6H3. The number of rotatable bonds is 1. The lowest BCUT2D eigenvalue weighted by atomic mass is 9.80. The maximum atomic E-state index is 6.41. The minimum atomic E-state index is -0.802. The summed E-state index contributed by atoms with van der Waals surface area (Å²) in [6.07, 6.45) is 6.54. The Kier molecular flexibility index (Phi) is 4.42. The summed E-state index contributed by atoms with van der Waals surface area (Å²) in [5.74, 6) is 2.00. The van der Waals surface area contributed by atoms with E-state index in [0.29, 0.717) is 5.66 Å². The molecule has 1 saturated carbocycles. The third kappa shape index (κ3) is 3.53. The van der Waals surface area contributed by atoms with Gasteiger partial charge in [-0.15, -0.1) is 0 Å². The molecule has 1 aliphatic heterocycles. The van der Waals surface area contributed by atoms with Gasteiger partial charge in [0.25, 0.3) is 8.38 Å². The normalized spacial score (nSPS) is 22.4. The average molecular weight is 334 g/mol. The molecule has 1 aromatic rings. The van der Waals surface area contributed by atoms with Crippen LogP contribution in [0.3, 0.4) is 0 Å². The molecule has 1 fully saturated rings. The second-order valence-corrected chi connectivity index (χ2v) is 10.8. The van der Waals surface area contributed by atoms with Crippen molar-refractivity contribution in [3.63, 3.8) is 0 Å². The molecule has 1 aliphatic carbocycles. The Bertz CT molecular complexity index is 575. The molecule has 0 spiro atoms. The summed E-state index contributed by atoms with van der Waals surface area (Å²) in [4.78, 5) is 0. The molecule has 0 bridgehead atoms. The van der Waals surface area contributed by atoms with Crippen LogP contribution in [0.25, 0.3) is 0 Å². The van der Waals surface area contributed by atoms with E-state index in [-0.39, 0.29) is 10.8 Å². The number of benzene rings is 1. The van der Waals surface area contributed by atoms with E-state index < -0.39 is 8.38 Å². The summed E-state index contributed by atoms with van der Waals surface area (Å²) in [7, 11) is -0.802. The van der Waals surface area contributed by atoms with Crippen LogP contribution in [0.4, 0.5) is 0 Å². The Morgan fingerprint density at radius 1 is 0.870 bits per heavy atom. The summed E-state index contributed by atoms with van der Waals surface area (Å²) < 4.78 is 12.8. The summed E-state index contributed by atoms with van der Waals surface area (Å²) in [5, 5.41) is 0. The van der Waals surface area contributed by atoms with E-state index >= 15 is 0 Å². The first-order valence-electron chi connectivity index (χ1n) is 9.00. The van der Waals surface area contributed by atoms with Crippen molar-refractivity contribution in [3.05, 3.63) is 23.3 Å². The molecule has 1 aromatic carbocycles. The van der Waals surface area contributed by atoms with Crippen LogP contribution in [0.15, 0.2) is 12.1 Å². The van der Waals surface area contributed by atoms with Gasteiger partial charge in [0, 0.05) is 5.56 Å². The zero-order valence-electron chi connectivity index (χ0n) is 15.5. The molecule has 0 amide bonds. The van der Waals surface area contributed by atoms with Crippen molar-refractivity contribution in [1.29, 1.82) is 0 Å². The Labute approximate surface area is 142 Å². The van der Waals surface area contributed by atoms with Crippen LogP contribution in [0.2, 0.25) is 0 Å². The fourth-order valence-corrected chi connectivity index (χ4v) is 5.22. The summed E-state index contributed by atoms with van der Waals surface area (Å²) in [6.45, 7) is 13.6. The Hall–Kier alpha value is -0.750. The van der Waals surface area contributed by atoms with Crippen LogP contribution < -0.4 is 9.05 Å². The van der Waals surface area contributed by atoms with Crippen molar-refractivity contribution < 1.29 is 9.05 Å². The first kappa shape index (κ1) is 17.1. The summed E-state index contributed by atoms with van der Waals surface area (Å²) in [5.41, 5.74) is 3.42. The molecule has 0 saturated heterocycles. The lowest BCUT2D eigenvalue weighted by molar-refractivity contribution is 0.459. The largest absolute Gasteiger partial charge is 0.434 e. The molecule has 2 nitrogen and oxygen atoms in total. The Balaban J connectivity index is 1.96. The van der Waals surface area contributed by atoms with Crippen molar-refractivity contribution in [2.45, 2.75) is 90.1 Å². The highest BCUT2D eigenvalue weighted by Gasteiger charge is 2.38. The zero-order valence-corrected chi connectivity index (χ0v) is 16.4. The van der Waals surface area contributed by atoms with E-state index in [1.165, 1.54) is 43.2 Å². The molecular weight excluding hydrogens is 303 g/mol. The number of hydrogen-bond donors (Lipinski definition) is 0. The number of fused-ring (bicyclic) bond motifs is 1. The smallest absolute Gasteiger partial charge is 0.293 e. The van der Waals surface area contributed by atoms with Crippen molar-refractivity contribution in [3.8, 4) is 11.5 Å². The van der Waals surface area contributed by atoms with Crippen LogP contribution in [0.1, 0.15) is 84.8 Å². The lowest BCUT2D eigenvalue weighted by Crippen LogP contribution is -2.16. The van der Waals surface area contributed by atoms with E-state index in [4.69, 9.17) is 9.05 Å². The van der Waals surface area contributed by atoms with Crippen molar-refractivity contribution in [2.24, 2.45) is 0 Å². The molecule has 2 aliphatic rings. The van der Waals surface area contributed by atoms with Gasteiger partial charge < -0.3 is 9.05 Å². The van der Waals surface area contributed by atoms with E-state index in [1.54, 1.807) is 0 Å². The minimum Gasteiger partial charge on any atom is -0.434 e. The van der Waals surface area contributed by atoms with Gasteiger partial charge in [0.15, 0.2) is 11.5 Å². The first-order valence-corrected chi connectivity index (χ1v) is 10.2. The SMILES string of the molecule is CC(C)(C)c1cc2c(c(C(C)(C)C)c1)OP(C1CCCCC1)O2. The quantitative estimate of drug-likeness (QED) is 0.532. The Morgan fingerprint density at radius 2 is 1.52 bits per heavy atom. The molecule has 0 aromatic heterocycles. The number of hydrogen-bond acceptors (Lipinski definition) is 2. The minimum absolute atomic E-state index is 0.0621. The van der Waals surface area contributed by atoms with Crippen LogP contribution in [0, 0.1) is 0 Å². The third-order valence-corrected chi connectivity index (χ3v) is 6.82. The highest BCUT2D eigenvalue weighted by molar-refractivity contribution is 7.49. The molecule has 1 unspecified atom stereocenters. The predicted octanol–water partition coefficient (Wildman–Crippen LogP) is 6.70. The topological polar surface area (TPSA) is 18.5 Å². The summed E-state index contributed by atoms with van der Waals surface area (Å²) in [6, 6.07) is 4.55. The molecule has 1 heterocycles. The van der Waals surface area contributed by atoms with Gasteiger partial charge in [-0.05, 0) is 35.3 Å². The maximum absolute atomic E-state index is 6.41. The van der Waals surface area contributed by atoms with Crippen LogP contribution in [-0.4, -0.2) is 5.66 Å². The van der Waals surface area contributed by atoms with Gasteiger partial charge in [-0.3, -0.25) is 0 Å². The first-order chi connectivity index (χ1) is 10.7. The fraction of sp³-hybridized carbons (Fsp3) is 0.700. The lowest BCUT2D eigenvalue weighted by Gasteiger charge is -2.26. The molecule has 1 atom stereocenters. The average Bonchev–Trinajstić information content (AvgIpc) is 2.89. The summed E-state index contributed by atoms with van der Waals surface area (Å²) >= 11 is 0. The van der Waals surface area contributed by atoms with E-state index in [2.05, 4.69) is 53.7 Å². The van der Waals surface area contributed by atoms with Gasteiger partial charge in [-0.25, -0.2) is 0 Å². The van der Waals surface area contributed by atoms with Gasteiger partial charge >= 0.3 is 0 Å². The molecule has 128 valence electrons. The highest BCUT2D eigenvalue weighted by atomic mass is 31.2. The van der Waals surface area contributed by atoms with Gasteiger partial charge in [0.2, 0.25) is 0 Å². The second kappa shape index (κ2) is 5.96. The molecule has 0 radical (unpaired) electrons. The van der Waals surface area contributed by atoms with E-state index in [9.17, 15) is 0 Å². The van der Waals surface area contributed by atoms with Crippen LogP contribution in [0.5, 0.6) is 11.5 Å². The van der Waals surface area contributed by atoms with Crippen molar-refractivity contribution >= 4 is 8.38 Å². The molecule has 0 N–H and O–H groups in total. The van der Waals surface area contributed by atoms with E-state index in [1.807, 2.05) is 0 Å². The van der Waals surface area contributed by atoms with Gasteiger partial charge in [-0.2, -0.15) is 0 Å². The predicted molar refractivity (Wildman–Crippen MR) is 98.9 cm³/mol. The molecular formula is C20H31O2P. The van der Waals surface area contributed by atoms with Gasteiger partial charge in [0.1, 0.15) is 0 Å². The molecule has 3 heteroatoms. The third-order valence-electron chi connectivity index (χ3n) is 4.97.